The molecule has 0 unspecified atom stereocenters. The lowest BCUT2D eigenvalue weighted by Crippen LogP contribution is -2.40. The Labute approximate surface area is 215 Å². The van der Waals surface area contributed by atoms with Crippen molar-refractivity contribution in [3.63, 3.8) is 0 Å². The fourth-order valence-corrected chi connectivity index (χ4v) is 6.65. The molecule has 1 fully saturated rings. The summed E-state index contributed by atoms with van der Waals surface area (Å²) in [5.41, 5.74) is 2.19. The number of nitrogens with zero attached hydrogens (tertiary/aromatic N) is 3. The number of hydrogen-bond acceptors (Lipinski definition) is 8. The van der Waals surface area contributed by atoms with Gasteiger partial charge in [-0.3, -0.25) is 4.72 Å². The van der Waals surface area contributed by atoms with E-state index < -0.39 is 20.0 Å². The molecule has 0 aliphatic carbocycles. The predicted octanol–water partition coefficient (Wildman–Crippen LogP) is 3.50. The second-order valence-electron chi connectivity index (χ2n) is 8.45. The predicted molar refractivity (Wildman–Crippen MR) is 141 cm³/mol. The number of hydrogen-bond donors (Lipinski definition) is 2. The lowest BCUT2D eigenvalue weighted by molar-refractivity contribution is 0.0730. The van der Waals surface area contributed by atoms with Crippen molar-refractivity contribution < 1.29 is 21.6 Å². The van der Waals surface area contributed by atoms with Gasteiger partial charge in [0.1, 0.15) is 0 Å². The van der Waals surface area contributed by atoms with E-state index in [1.54, 1.807) is 55.5 Å². The van der Waals surface area contributed by atoms with Crippen molar-refractivity contribution in [2.75, 3.05) is 36.3 Å². The first-order valence-corrected chi connectivity index (χ1v) is 14.5. The highest BCUT2D eigenvalue weighted by molar-refractivity contribution is 7.92. The molecule has 1 aliphatic rings. The maximum Gasteiger partial charge on any atom is 0.263 e. The SMILES string of the molecule is Cc1ccccc1S(=O)(=O)Nc1nc2ccccc2nc1Nc1ccc(S(=O)(=O)N2CCOCC2)cc1. The van der Waals surface area contributed by atoms with E-state index >= 15 is 0 Å². The second kappa shape index (κ2) is 10.1. The minimum Gasteiger partial charge on any atom is -0.379 e. The summed E-state index contributed by atoms with van der Waals surface area (Å²) in [5.74, 6) is 0.201. The third-order valence-electron chi connectivity index (χ3n) is 5.91. The summed E-state index contributed by atoms with van der Waals surface area (Å²) in [4.78, 5) is 9.36. The van der Waals surface area contributed by atoms with Gasteiger partial charge >= 0.3 is 0 Å². The van der Waals surface area contributed by atoms with Crippen molar-refractivity contribution >= 4 is 48.4 Å². The summed E-state index contributed by atoms with van der Waals surface area (Å²) in [7, 11) is -7.59. The first kappa shape index (κ1) is 25.1. The van der Waals surface area contributed by atoms with Crippen molar-refractivity contribution in [3.05, 3.63) is 78.4 Å². The summed E-state index contributed by atoms with van der Waals surface area (Å²) in [6.45, 7) is 3.05. The number of ether oxygens (including phenoxy) is 1. The third-order valence-corrected chi connectivity index (χ3v) is 9.32. The van der Waals surface area contributed by atoms with E-state index in [4.69, 9.17) is 4.74 Å². The van der Waals surface area contributed by atoms with E-state index in [1.165, 1.54) is 22.5 Å². The molecular formula is C25H25N5O5S2. The molecule has 37 heavy (non-hydrogen) atoms. The van der Waals surface area contributed by atoms with Crippen molar-refractivity contribution in [1.29, 1.82) is 0 Å². The van der Waals surface area contributed by atoms with Gasteiger partial charge in [-0.15, -0.1) is 0 Å². The average molecular weight is 540 g/mol. The van der Waals surface area contributed by atoms with Gasteiger partial charge in [0.15, 0.2) is 11.6 Å². The van der Waals surface area contributed by atoms with Gasteiger partial charge in [-0.2, -0.15) is 4.31 Å². The number of anilines is 3. The van der Waals surface area contributed by atoms with Gasteiger partial charge in [0, 0.05) is 18.8 Å². The van der Waals surface area contributed by atoms with Crippen LogP contribution < -0.4 is 10.0 Å². The van der Waals surface area contributed by atoms with Crippen molar-refractivity contribution in [2.24, 2.45) is 0 Å². The van der Waals surface area contributed by atoms with Gasteiger partial charge in [0.25, 0.3) is 10.0 Å². The minimum absolute atomic E-state index is 0.0203. The first-order valence-electron chi connectivity index (χ1n) is 11.5. The largest absolute Gasteiger partial charge is 0.379 e. The van der Waals surface area contributed by atoms with E-state index in [2.05, 4.69) is 20.0 Å². The van der Waals surface area contributed by atoms with Crippen molar-refractivity contribution in [3.8, 4) is 0 Å². The topological polar surface area (TPSA) is 131 Å². The summed E-state index contributed by atoms with van der Waals surface area (Å²) < 4.78 is 61.4. The van der Waals surface area contributed by atoms with Gasteiger partial charge in [-0.05, 0) is 55.0 Å². The average Bonchev–Trinajstić information content (AvgIpc) is 2.90. The molecule has 192 valence electrons. The van der Waals surface area contributed by atoms with Gasteiger partial charge in [-0.25, -0.2) is 26.8 Å². The Morgan fingerprint density at radius 1 is 0.784 bits per heavy atom. The standard InChI is InChI=1S/C25H25N5O5S2/c1-18-6-2-5-9-23(18)36(31,32)29-25-24(27-21-7-3-4-8-22(21)28-25)26-19-10-12-20(13-11-19)37(33,34)30-14-16-35-17-15-30/h2-13H,14-17H2,1H3,(H,26,27)(H,28,29). The Hall–Kier alpha value is -3.58. The molecule has 3 aromatic carbocycles. The molecule has 0 radical (unpaired) electrons. The van der Waals surface area contributed by atoms with E-state index in [9.17, 15) is 16.8 Å². The summed E-state index contributed by atoms with van der Waals surface area (Å²) in [6.07, 6.45) is 0. The van der Waals surface area contributed by atoms with Crippen LogP contribution in [0.25, 0.3) is 11.0 Å². The van der Waals surface area contributed by atoms with Crippen LogP contribution in [0.4, 0.5) is 17.3 Å². The number of para-hydroxylation sites is 2. The number of sulfonamides is 2. The Kier molecular flexibility index (Phi) is 6.82. The van der Waals surface area contributed by atoms with Crippen LogP contribution in [0.2, 0.25) is 0 Å². The van der Waals surface area contributed by atoms with Crippen LogP contribution in [-0.2, 0) is 24.8 Å². The number of morpholine rings is 1. The first-order chi connectivity index (χ1) is 17.7. The number of aromatic nitrogens is 2. The van der Waals surface area contributed by atoms with Crippen LogP contribution in [0.15, 0.2) is 82.6 Å². The zero-order valence-electron chi connectivity index (χ0n) is 20.0. The molecule has 2 heterocycles. The quantitative estimate of drug-likeness (QED) is 0.365. The molecule has 0 bridgehead atoms. The molecule has 10 nitrogen and oxygen atoms in total. The number of nitrogens with one attached hydrogen (secondary N) is 2. The molecule has 1 saturated heterocycles. The highest BCUT2D eigenvalue weighted by Gasteiger charge is 2.26. The van der Waals surface area contributed by atoms with Crippen LogP contribution in [0.1, 0.15) is 5.56 Å². The molecule has 0 atom stereocenters. The Morgan fingerprint density at radius 2 is 1.38 bits per heavy atom. The highest BCUT2D eigenvalue weighted by atomic mass is 32.2. The molecule has 1 aliphatic heterocycles. The molecule has 0 spiro atoms. The van der Waals surface area contributed by atoms with Crippen molar-refractivity contribution in [2.45, 2.75) is 16.7 Å². The van der Waals surface area contributed by atoms with Gasteiger partial charge < -0.3 is 10.1 Å². The summed E-state index contributed by atoms with van der Waals surface area (Å²) >= 11 is 0. The van der Waals surface area contributed by atoms with E-state index in [0.29, 0.717) is 48.6 Å². The Bertz CT molecular complexity index is 1650. The molecule has 1 aromatic heterocycles. The minimum atomic E-state index is -3.95. The second-order valence-corrected chi connectivity index (χ2v) is 12.0. The number of benzene rings is 3. The Balaban J connectivity index is 1.47. The Morgan fingerprint density at radius 3 is 2.03 bits per heavy atom. The molecular weight excluding hydrogens is 514 g/mol. The monoisotopic (exact) mass is 539 g/mol. The van der Waals surface area contributed by atoms with E-state index in [-0.39, 0.29) is 21.4 Å². The van der Waals surface area contributed by atoms with Gasteiger partial charge in [0.05, 0.1) is 34.0 Å². The van der Waals surface area contributed by atoms with Crippen LogP contribution >= 0.6 is 0 Å². The number of fused-ring (bicyclic) bond motifs is 1. The lowest BCUT2D eigenvalue weighted by Gasteiger charge is -2.26. The van der Waals surface area contributed by atoms with Gasteiger partial charge in [0.2, 0.25) is 10.0 Å². The zero-order chi connectivity index (χ0) is 26.0. The van der Waals surface area contributed by atoms with Gasteiger partial charge in [-0.1, -0.05) is 30.3 Å². The molecule has 5 rings (SSSR count). The molecule has 4 aromatic rings. The smallest absolute Gasteiger partial charge is 0.263 e. The normalized spacial score (nSPS) is 14.9. The number of rotatable bonds is 7. The zero-order valence-corrected chi connectivity index (χ0v) is 21.6. The summed E-state index contributed by atoms with van der Waals surface area (Å²) in [5, 5.41) is 3.08. The maximum absolute atomic E-state index is 13.2. The van der Waals surface area contributed by atoms with Crippen LogP contribution in [0.5, 0.6) is 0 Å². The fourth-order valence-electron chi connectivity index (χ4n) is 3.98. The lowest BCUT2D eigenvalue weighted by atomic mass is 10.2. The number of aryl methyl sites for hydroxylation is 1. The molecule has 0 amide bonds. The molecule has 0 saturated carbocycles. The maximum atomic E-state index is 13.2. The third kappa shape index (κ3) is 5.27. The molecule has 2 N–H and O–H groups in total. The van der Waals surface area contributed by atoms with Crippen LogP contribution in [0, 0.1) is 6.92 Å². The fraction of sp³-hybridized carbons (Fsp3) is 0.200. The van der Waals surface area contributed by atoms with Crippen molar-refractivity contribution in [1.82, 2.24) is 14.3 Å². The summed E-state index contributed by atoms with van der Waals surface area (Å²) in [6, 6.07) is 20.0. The molecule has 12 heteroatoms. The van der Waals surface area contributed by atoms with Crippen LogP contribution in [-0.4, -0.2) is 57.4 Å². The highest BCUT2D eigenvalue weighted by Crippen LogP contribution is 2.28. The van der Waals surface area contributed by atoms with Crippen LogP contribution in [0.3, 0.4) is 0 Å². The van der Waals surface area contributed by atoms with E-state index in [1.807, 2.05) is 6.07 Å². The van der Waals surface area contributed by atoms with E-state index in [0.717, 1.165) is 0 Å².